The molecule has 2 N–H and O–H groups in total. The number of fused-ring (bicyclic) bond motifs is 3. The molecule has 3 heterocycles. The summed E-state index contributed by atoms with van der Waals surface area (Å²) >= 11 is 0. The van der Waals surface area contributed by atoms with Crippen LogP contribution < -0.4 is 10.6 Å². The van der Waals surface area contributed by atoms with E-state index in [9.17, 15) is 27.2 Å². The lowest BCUT2D eigenvalue weighted by Crippen LogP contribution is -2.48. The summed E-state index contributed by atoms with van der Waals surface area (Å²) in [5.74, 6) is -1.23. The van der Waals surface area contributed by atoms with Crippen LogP contribution in [-0.2, 0) is 11.3 Å². The van der Waals surface area contributed by atoms with E-state index in [0.29, 0.717) is 61.3 Å². The first kappa shape index (κ1) is 30.5. The zero-order valence-electron chi connectivity index (χ0n) is 24.4. The average Bonchev–Trinajstić information content (AvgIpc) is 3.44. The van der Waals surface area contributed by atoms with Gasteiger partial charge in [0.1, 0.15) is 23.7 Å². The number of carbonyl (C=O) groups excluding carboxylic acids is 2. The van der Waals surface area contributed by atoms with E-state index in [4.69, 9.17) is 9.73 Å². The molecule has 14 heteroatoms. The fourth-order valence-electron chi connectivity index (χ4n) is 7.01. The van der Waals surface area contributed by atoms with E-state index < -0.39 is 48.9 Å². The molecule has 3 fully saturated rings. The van der Waals surface area contributed by atoms with Gasteiger partial charge in [-0.25, -0.2) is 13.6 Å². The van der Waals surface area contributed by atoms with Crippen LogP contribution in [0.4, 0.5) is 32.4 Å². The normalized spacial score (nSPS) is 27.6. The van der Waals surface area contributed by atoms with Gasteiger partial charge in [-0.1, -0.05) is 0 Å². The maximum Gasteiger partial charge on any atom is 0.410 e. The molecule has 9 nitrogen and oxygen atoms in total. The summed E-state index contributed by atoms with van der Waals surface area (Å²) in [4.78, 5) is 32.0. The minimum atomic E-state index is -4.64. The molecular weight excluding hydrogens is 587 g/mol. The molecule has 0 bridgehead atoms. The number of hydrogen-bond donors (Lipinski definition) is 2. The standard InChI is InChI=1S/C30H35F5N6O3/c1-3-41-22(8-9-36-41)28(42)39-26(15-4-6-17(31)7-5-15)27-19-12-18(19)25-20(32)10-16(11-21(25)37-27)23(14-44-2)40-13-24(30(33,34)35)38-29(40)43/h8-11,15,17-19,23-24,26H,3-7,12-14H2,1-2H3,(H,38,43)(H,39,42)/t15?,17?,18?,19?,23-,24?,26+/m1/s1. The van der Waals surface area contributed by atoms with Gasteiger partial charge in [-0.05, 0) is 74.6 Å². The zero-order valence-corrected chi connectivity index (χ0v) is 24.4. The molecule has 0 spiro atoms. The van der Waals surface area contributed by atoms with Gasteiger partial charge in [-0.3, -0.25) is 14.5 Å². The van der Waals surface area contributed by atoms with Crippen LogP contribution in [0.1, 0.15) is 72.6 Å². The molecule has 1 aromatic heterocycles. The Morgan fingerprint density at radius 3 is 2.61 bits per heavy atom. The first-order chi connectivity index (χ1) is 21.0. The van der Waals surface area contributed by atoms with Gasteiger partial charge in [-0.15, -0.1) is 0 Å². The predicted octanol–water partition coefficient (Wildman–Crippen LogP) is 5.20. The Morgan fingerprint density at radius 2 is 1.95 bits per heavy atom. The van der Waals surface area contributed by atoms with E-state index in [1.807, 2.05) is 12.2 Å². The Hall–Kier alpha value is -3.55. The van der Waals surface area contributed by atoms with Gasteiger partial charge in [0.15, 0.2) is 0 Å². The third kappa shape index (κ3) is 5.68. The molecule has 5 atom stereocenters. The molecule has 2 aliphatic heterocycles. The number of benzene rings is 1. The van der Waals surface area contributed by atoms with E-state index in [0.717, 1.165) is 4.90 Å². The van der Waals surface area contributed by atoms with Gasteiger partial charge in [0.05, 0.1) is 30.9 Å². The highest BCUT2D eigenvalue weighted by molar-refractivity contribution is 6.03. The summed E-state index contributed by atoms with van der Waals surface area (Å²) < 4.78 is 76.9. The second kappa shape index (κ2) is 11.8. The van der Waals surface area contributed by atoms with Crippen LogP contribution in [0.15, 0.2) is 29.4 Å². The fourth-order valence-corrected chi connectivity index (χ4v) is 7.01. The molecule has 3 amide bonds. The lowest BCUT2D eigenvalue weighted by molar-refractivity contribution is -0.150. The molecule has 44 heavy (non-hydrogen) atoms. The Labute approximate surface area is 251 Å². The number of ether oxygens (including phenoxy) is 1. The van der Waals surface area contributed by atoms with Gasteiger partial charge in [0, 0.05) is 37.0 Å². The van der Waals surface area contributed by atoms with Crippen LogP contribution in [0.2, 0.25) is 0 Å². The number of halogens is 5. The Kier molecular flexibility index (Phi) is 8.14. The highest BCUT2D eigenvalue weighted by atomic mass is 19.4. The Bertz CT molecular complexity index is 1450. The quantitative estimate of drug-likeness (QED) is 0.376. The van der Waals surface area contributed by atoms with Crippen molar-refractivity contribution in [1.82, 2.24) is 25.3 Å². The summed E-state index contributed by atoms with van der Waals surface area (Å²) in [6.07, 6.45) is -1.52. The lowest BCUT2D eigenvalue weighted by atomic mass is 9.79. The maximum absolute atomic E-state index is 15.7. The summed E-state index contributed by atoms with van der Waals surface area (Å²) in [6.45, 7) is 1.57. The molecule has 0 radical (unpaired) electrons. The number of alkyl halides is 4. The summed E-state index contributed by atoms with van der Waals surface area (Å²) in [5, 5.41) is 9.29. The van der Waals surface area contributed by atoms with Gasteiger partial charge in [-0.2, -0.15) is 18.3 Å². The number of aryl methyl sites for hydroxylation is 1. The first-order valence-corrected chi connectivity index (χ1v) is 15.0. The maximum atomic E-state index is 15.7. The average molecular weight is 623 g/mol. The van der Waals surface area contributed by atoms with Crippen molar-refractivity contribution in [3.05, 3.63) is 47.0 Å². The molecule has 6 rings (SSSR count). The number of urea groups is 1. The molecule has 2 aliphatic carbocycles. The number of carbonyl (C=O) groups is 2. The molecular formula is C30H35F5N6O3. The van der Waals surface area contributed by atoms with E-state index in [-0.39, 0.29) is 35.8 Å². The summed E-state index contributed by atoms with van der Waals surface area (Å²) in [5.41, 5.74) is 2.07. The van der Waals surface area contributed by atoms with Crippen LogP contribution in [0.3, 0.4) is 0 Å². The largest absolute Gasteiger partial charge is 0.410 e. The minimum absolute atomic E-state index is 0.0765. The second-order valence-electron chi connectivity index (χ2n) is 12.1. The van der Waals surface area contributed by atoms with E-state index in [1.54, 1.807) is 23.0 Å². The number of rotatable bonds is 9. The topological polar surface area (TPSA) is 101 Å². The van der Waals surface area contributed by atoms with Crippen LogP contribution in [0.25, 0.3) is 0 Å². The molecule has 4 aliphatic rings. The predicted molar refractivity (Wildman–Crippen MR) is 150 cm³/mol. The number of methoxy groups -OCH3 is 1. The minimum Gasteiger partial charge on any atom is -0.382 e. The number of nitrogens with zero attached hydrogens (tertiary/aromatic N) is 4. The molecule has 238 valence electrons. The van der Waals surface area contributed by atoms with Crippen molar-refractivity contribution in [1.29, 1.82) is 0 Å². The Balaban J connectivity index is 1.35. The number of aromatic nitrogens is 2. The van der Waals surface area contributed by atoms with Crippen LogP contribution in [0.5, 0.6) is 0 Å². The van der Waals surface area contributed by atoms with E-state index >= 15 is 4.39 Å². The number of aliphatic imine (C=N–C) groups is 1. The van der Waals surface area contributed by atoms with Gasteiger partial charge < -0.3 is 20.3 Å². The van der Waals surface area contributed by atoms with E-state index in [2.05, 4.69) is 10.4 Å². The first-order valence-electron chi connectivity index (χ1n) is 15.0. The summed E-state index contributed by atoms with van der Waals surface area (Å²) in [6, 6.07) is -0.00167. The van der Waals surface area contributed by atoms with Gasteiger partial charge in [0.2, 0.25) is 0 Å². The third-order valence-corrected chi connectivity index (χ3v) is 9.37. The third-order valence-electron chi connectivity index (χ3n) is 9.37. The van der Waals surface area contributed by atoms with Crippen molar-refractivity contribution in [3.8, 4) is 0 Å². The number of hydrogen-bond acceptors (Lipinski definition) is 5. The number of amides is 3. The highest BCUT2D eigenvalue weighted by Gasteiger charge is 2.52. The molecule has 2 saturated carbocycles. The second-order valence-corrected chi connectivity index (χ2v) is 12.1. The molecule has 3 unspecified atom stereocenters. The van der Waals surface area contributed by atoms with Crippen molar-refractivity contribution in [2.75, 3.05) is 20.3 Å². The molecule has 1 aromatic carbocycles. The fraction of sp³-hybridized carbons (Fsp3) is 0.600. The monoisotopic (exact) mass is 622 g/mol. The zero-order chi connectivity index (χ0) is 31.3. The van der Waals surface area contributed by atoms with Crippen molar-refractivity contribution in [2.24, 2.45) is 16.8 Å². The van der Waals surface area contributed by atoms with E-state index in [1.165, 1.54) is 13.2 Å². The van der Waals surface area contributed by atoms with Crippen LogP contribution in [0, 0.1) is 17.7 Å². The SMILES string of the molecule is CCn1nccc1C(=O)N[C@H](C1=Nc2cc([C@@H](COC)N3CC(C(F)(F)F)NC3=O)cc(F)c2C2CC12)C1CCC(F)CC1. The molecule has 1 saturated heterocycles. The van der Waals surface area contributed by atoms with Gasteiger partial charge >= 0.3 is 12.2 Å². The Morgan fingerprint density at radius 1 is 1.20 bits per heavy atom. The van der Waals surface area contributed by atoms with Crippen molar-refractivity contribution < 1.29 is 36.3 Å². The highest BCUT2D eigenvalue weighted by Crippen LogP contribution is 2.57. The van der Waals surface area contributed by atoms with Crippen molar-refractivity contribution >= 4 is 23.3 Å². The molecule has 2 aromatic rings. The van der Waals surface area contributed by atoms with Gasteiger partial charge in [0.25, 0.3) is 5.91 Å². The summed E-state index contributed by atoms with van der Waals surface area (Å²) in [7, 11) is 1.35. The van der Waals surface area contributed by atoms with Crippen molar-refractivity contribution in [3.63, 3.8) is 0 Å². The smallest absolute Gasteiger partial charge is 0.382 e. The van der Waals surface area contributed by atoms with Crippen molar-refractivity contribution in [2.45, 2.75) is 82.0 Å². The van der Waals surface area contributed by atoms with Crippen LogP contribution >= 0.6 is 0 Å². The van der Waals surface area contributed by atoms with Crippen LogP contribution in [-0.4, -0.2) is 77.0 Å². The lowest BCUT2D eigenvalue weighted by Gasteiger charge is -2.34. The number of nitrogens with one attached hydrogen (secondary N) is 2.